The molecule has 1 heterocycles. The molecule has 1 aliphatic rings. The molecule has 1 saturated heterocycles. The Morgan fingerprint density at radius 1 is 1.25 bits per heavy atom. The summed E-state index contributed by atoms with van der Waals surface area (Å²) in [6.45, 7) is 6.85. The van der Waals surface area contributed by atoms with Crippen LogP contribution >= 0.6 is 0 Å². The van der Waals surface area contributed by atoms with Gasteiger partial charge in [-0.1, -0.05) is 32.9 Å². The van der Waals surface area contributed by atoms with Crippen LogP contribution in [-0.4, -0.2) is 17.9 Å². The average molecular weight is 274 g/mol. The van der Waals surface area contributed by atoms with Gasteiger partial charge in [-0.05, 0) is 23.6 Å². The van der Waals surface area contributed by atoms with Crippen molar-refractivity contribution in [1.82, 2.24) is 5.32 Å². The minimum atomic E-state index is -0.0947. The Hall–Kier alpha value is -1.68. The zero-order valence-corrected chi connectivity index (χ0v) is 12.3. The van der Waals surface area contributed by atoms with Gasteiger partial charge in [0, 0.05) is 25.4 Å². The first-order valence-corrected chi connectivity index (χ1v) is 7.15. The molecule has 0 saturated carbocycles. The highest BCUT2D eigenvalue weighted by atomic mass is 16.2. The molecule has 0 radical (unpaired) electrons. The van der Waals surface area contributed by atoms with Gasteiger partial charge in [0.1, 0.15) is 0 Å². The molecule has 4 nitrogen and oxygen atoms in total. The number of imide groups is 1. The van der Waals surface area contributed by atoms with Crippen molar-refractivity contribution in [3.63, 3.8) is 0 Å². The molecule has 0 aromatic heterocycles. The Morgan fingerprint density at radius 3 is 2.50 bits per heavy atom. The molecule has 1 N–H and O–H groups in total. The third-order valence-electron chi connectivity index (χ3n) is 3.43. The molecule has 0 aliphatic carbocycles. The fraction of sp³-hybridized carbons (Fsp3) is 0.500. The number of nitrogens with zero attached hydrogens (tertiary/aromatic N) is 1. The average Bonchev–Trinajstić information content (AvgIpc) is 2.35. The van der Waals surface area contributed by atoms with Gasteiger partial charge in [-0.2, -0.15) is 0 Å². The number of nitrogens with one attached hydrogen (secondary N) is 1. The van der Waals surface area contributed by atoms with Gasteiger partial charge < -0.3 is 5.32 Å². The molecule has 20 heavy (non-hydrogen) atoms. The van der Waals surface area contributed by atoms with E-state index in [0.29, 0.717) is 24.6 Å². The number of piperidine rings is 1. The predicted octanol–water partition coefficient (Wildman–Crippen LogP) is 2.47. The van der Waals surface area contributed by atoms with Gasteiger partial charge in [0.05, 0.1) is 5.69 Å². The van der Waals surface area contributed by atoms with Gasteiger partial charge in [0.2, 0.25) is 11.8 Å². The van der Waals surface area contributed by atoms with Crippen LogP contribution in [0.3, 0.4) is 0 Å². The third-order valence-corrected chi connectivity index (χ3v) is 3.43. The molecular weight excluding hydrogens is 252 g/mol. The monoisotopic (exact) mass is 274 g/mol. The topological polar surface area (TPSA) is 49.4 Å². The Kier molecular flexibility index (Phi) is 4.55. The molecule has 0 unspecified atom stereocenters. The van der Waals surface area contributed by atoms with E-state index in [1.54, 1.807) is 0 Å². The summed E-state index contributed by atoms with van der Waals surface area (Å²) in [7, 11) is 0. The molecule has 2 rings (SSSR count). The van der Waals surface area contributed by atoms with Gasteiger partial charge in [-0.3, -0.25) is 14.5 Å². The van der Waals surface area contributed by atoms with Crippen molar-refractivity contribution < 1.29 is 9.59 Å². The highest BCUT2D eigenvalue weighted by Gasteiger charge is 2.31. The molecule has 0 spiro atoms. The lowest BCUT2D eigenvalue weighted by Gasteiger charge is -2.28. The number of carbonyl (C=O) groups is 2. The summed E-state index contributed by atoms with van der Waals surface area (Å²) in [6, 6.07) is 8.04. The Labute approximate surface area is 120 Å². The number of anilines is 1. The van der Waals surface area contributed by atoms with Crippen LogP contribution in [0.2, 0.25) is 0 Å². The molecule has 1 aromatic rings. The maximum atomic E-state index is 12.1. The minimum Gasteiger partial charge on any atom is -0.310 e. The van der Waals surface area contributed by atoms with E-state index in [1.165, 1.54) is 4.90 Å². The zero-order valence-electron chi connectivity index (χ0n) is 12.3. The molecule has 0 atom stereocenters. The van der Waals surface area contributed by atoms with Crippen molar-refractivity contribution >= 4 is 17.5 Å². The normalized spacial score (nSPS) is 17.1. The Morgan fingerprint density at radius 2 is 1.90 bits per heavy atom. The molecule has 2 amide bonds. The maximum absolute atomic E-state index is 12.1. The summed E-state index contributed by atoms with van der Waals surface area (Å²) in [4.78, 5) is 25.5. The van der Waals surface area contributed by atoms with Gasteiger partial charge in [-0.15, -0.1) is 0 Å². The predicted molar refractivity (Wildman–Crippen MR) is 79.3 cm³/mol. The molecule has 4 heteroatoms. The van der Waals surface area contributed by atoms with Crippen molar-refractivity contribution in [2.45, 2.75) is 46.2 Å². The minimum absolute atomic E-state index is 0.0947. The fourth-order valence-corrected chi connectivity index (χ4v) is 2.41. The molecular formula is C16H22N2O2. The van der Waals surface area contributed by atoms with Crippen LogP contribution < -0.4 is 10.2 Å². The number of amides is 2. The first-order chi connectivity index (χ1) is 9.47. The van der Waals surface area contributed by atoms with Gasteiger partial charge in [-0.25, -0.2) is 0 Å². The van der Waals surface area contributed by atoms with E-state index in [4.69, 9.17) is 0 Å². The highest BCUT2D eigenvalue weighted by Crippen LogP contribution is 2.25. The molecule has 1 aliphatic heterocycles. The second-order valence-electron chi connectivity index (χ2n) is 5.84. The van der Waals surface area contributed by atoms with Crippen molar-refractivity contribution in [3.05, 3.63) is 29.8 Å². The number of benzene rings is 1. The van der Waals surface area contributed by atoms with Crippen LogP contribution in [0.5, 0.6) is 0 Å². The first kappa shape index (κ1) is 14.7. The second-order valence-corrected chi connectivity index (χ2v) is 5.84. The number of hydrogen-bond donors (Lipinski definition) is 1. The van der Waals surface area contributed by atoms with Crippen LogP contribution in [0, 0.1) is 5.92 Å². The van der Waals surface area contributed by atoms with Crippen molar-refractivity contribution in [1.29, 1.82) is 0 Å². The lowest BCUT2D eigenvalue weighted by atomic mass is 9.97. The van der Waals surface area contributed by atoms with E-state index in [-0.39, 0.29) is 17.7 Å². The number of rotatable bonds is 4. The summed E-state index contributed by atoms with van der Waals surface area (Å²) in [5.41, 5.74) is 1.77. The van der Waals surface area contributed by atoms with Crippen molar-refractivity contribution in [2.24, 2.45) is 5.92 Å². The van der Waals surface area contributed by atoms with E-state index in [0.717, 1.165) is 12.1 Å². The zero-order chi connectivity index (χ0) is 14.7. The van der Waals surface area contributed by atoms with Crippen molar-refractivity contribution in [2.75, 3.05) is 4.90 Å². The molecule has 1 aromatic carbocycles. The Bertz CT molecular complexity index is 493. The van der Waals surface area contributed by atoms with Crippen LogP contribution in [0.25, 0.3) is 0 Å². The van der Waals surface area contributed by atoms with Gasteiger partial charge in [0.15, 0.2) is 0 Å². The quantitative estimate of drug-likeness (QED) is 0.858. The maximum Gasteiger partial charge on any atom is 0.234 e. The summed E-state index contributed by atoms with van der Waals surface area (Å²) in [5.74, 6) is -0.0394. The molecule has 108 valence electrons. The number of hydrogen-bond acceptors (Lipinski definition) is 3. The molecule has 1 fully saturated rings. The van der Waals surface area contributed by atoms with Crippen LogP contribution in [0.15, 0.2) is 24.3 Å². The highest BCUT2D eigenvalue weighted by molar-refractivity contribution is 6.16. The summed E-state index contributed by atoms with van der Waals surface area (Å²) >= 11 is 0. The van der Waals surface area contributed by atoms with Crippen LogP contribution in [0.1, 0.15) is 39.2 Å². The van der Waals surface area contributed by atoms with Gasteiger partial charge in [0.25, 0.3) is 0 Å². The van der Waals surface area contributed by atoms with Crippen LogP contribution in [-0.2, 0) is 16.1 Å². The lowest BCUT2D eigenvalue weighted by Crippen LogP contribution is -2.42. The van der Waals surface area contributed by atoms with Crippen molar-refractivity contribution in [3.8, 4) is 0 Å². The lowest BCUT2D eigenvalue weighted by molar-refractivity contribution is -0.130. The van der Waals surface area contributed by atoms with E-state index in [9.17, 15) is 9.59 Å². The summed E-state index contributed by atoms with van der Waals surface area (Å²) < 4.78 is 0. The number of carbonyl (C=O) groups excluding carboxylic acids is 2. The smallest absolute Gasteiger partial charge is 0.234 e. The Balaban J connectivity index is 2.17. The fourth-order valence-electron chi connectivity index (χ4n) is 2.41. The SMILES string of the molecule is CC1CC(=O)N(c2cccc(CNC(C)C)c2)C(=O)C1. The summed E-state index contributed by atoms with van der Waals surface area (Å²) in [5, 5.41) is 3.33. The second kappa shape index (κ2) is 6.18. The van der Waals surface area contributed by atoms with E-state index in [2.05, 4.69) is 19.2 Å². The van der Waals surface area contributed by atoms with E-state index >= 15 is 0 Å². The van der Waals surface area contributed by atoms with E-state index in [1.807, 2.05) is 31.2 Å². The summed E-state index contributed by atoms with van der Waals surface area (Å²) in [6.07, 6.45) is 0.889. The van der Waals surface area contributed by atoms with E-state index < -0.39 is 0 Å². The van der Waals surface area contributed by atoms with Crippen LogP contribution in [0.4, 0.5) is 5.69 Å². The molecule has 0 bridgehead atoms. The van der Waals surface area contributed by atoms with Gasteiger partial charge >= 0.3 is 0 Å². The third kappa shape index (κ3) is 3.45. The largest absolute Gasteiger partial charge is 0.310 e. The standard InChI is InChI=1S/C16H22N2O2/c1-11(2)17-10-13-5-4-6-14(9-13)18-15(19)7-12(3)8-16(18)20/h4-6,9,11-12,17H,7-8,10H2,1-3H3. The first-order valence-electron chi connectivity index (χ1n) is 7.15.